The van der Waals surface area contributed by atoms with E-state index in [4.69, 9.17) is 5.21 Å². The Morgan fingerprint density at radius 3 is 2.60 bits per heavy atom. The molecule has 1 saturated carbocycles. The van der Waals surface area contributed by atoms with E-state index in [0.717, 1.165) is 68.4 Å². The number of hydrogen-bond acceptors (Lipinski definition) is 5. The number of amides is 2. The number of anilines is 2. The molecule has 0 bridgehead atoms. The van der Waals surface area contributed by atoms with Gasteiger partial charge in [-0.1, -0.05) is 43.2 Å². The fourth-order valence-electron chi connectivity index (χ4n) is 5.49. The van der Waals surface area contributed by atoms with Gasteiger partial charge in [0.15, 0.2) is 0 Å². The highest BCUT2D eigenvalue weighted by atomic mass is 16.5. The zero-order valence-corrected chi connectivity index (χ0v) is 20.9. The highest BCUT2D eigenvalue weighted by molar-refractivity contribution is 5.98. The minimum atomic E-state index is -0.270. The molecule has 35 heavy (non-hydrogen) atoms. The molecule has 0 spiro atoms. The lowest BCUT2D eigenvalue weighted by Crippen LogP contribution is -2.46. The van der Waals surface area contributed by atoms with Crippen LogP contribution in [-0.2, 0) is 22.6 Å². The quantitative estimate of drug-likeness (QED) is 0.396. The summed E-state index contributed by atoms with van der Waals surface area (Å²) in [6.45, 7) is 1.29. The van der Waals surface area contributed by atoms with Crippen molar-refractivity contribution in [3.63, 3.8) is 0 Å². The highest BCUT2D eigenvalue weighted by Crippen LogP contribution is 2.32. The second-order valence-corrected chi connectivity index (χ2v) is 10.2. The summed E-state index contributed by atoms with van der Waals surface area (Å²) in [6, 6.07) is 16.4. The lowest BCUT2D eigenvalue weighted by Gasteiger charge is -2.29. The number of fused-ring (bicyclic) bond motifs is 1. The van der Waals surface area contributed by atoms with Gasteiger partial charge in [-0.15, -0.1) is 0 Å². The van der Waals surface area contributed by atoms with Crippen molar-refractivity contribution < 1.29 is 14.8 Å². The van der Waals surface area contributed by atoms with Crippen molar-refractivity contribution in [2.24, 2.45) is 11.8 Å². The summed E-state index contributed by atoms with van der Waals surface area (Å²) in [5.41, 5.74) is 6.27. The molecule has 2 aromatic rings. The molecule has 0 unspecified atom stereocenters. The molecule has 0 saturated heterocycles. The Labute approximate surface area is 208 Å². The minimum Gasteiger partial charge on any atom is -0.378 e. The van der Waals surface area contributed by atoms with Crippen molar-refractivity contribution in [2.45, 2.75) is 57.5 Å². The lowest BCUT2D eigenvalue weighted by molar-refractivity contribution is -0.134. The van der Waals surface area contributed by atoms with E-state index in [1.165, 1.54) is 5.56 Å². The Kier molecular flexibility index (Phi) is 8.42. The average molecular weight is 479 g/mol. The third kappa shape index (κ3) is 6.21. The summed E-state index contributed by atoms with van der Waals surface area (Å²) in [6.07, 6.45) is 6.28. The lowest BCUT2D eigenvalue weighted by atomic mass is 9.79. The van der Waals surface area contributed by atoms with Gasteiger partial charge in [0.1, 0.15) is 0 Å². The van der Waals surface area contributed by atoms with Crippen LogP contribution in [0.2, 0.25) is 0 Å². The van der Waals surface area contributed by atoms with Crippen LogP contribution in [0, 0.1) is 11.8 Å². The summed E-state index contributed by atoms with van der Waals surface area (Å²) < 4.78 is 0. The number of benzene rings is 2. The van der Waals surface area contributed by atoms with Crippen LogP contribution in [-0.4, -0.2) is 43.7 Å². The van der Waals surface area contributed by atoms with Gasteiger partial charge in [-0.25, -0.2) is 5.48 Å². The van der Waals surface area contributed by atoms with Crippen molar-refractivity contribution in [1.29, 1.82) is 0 Å². The molecule has 3 atom stereocenters. The first-order valence-corrected chi connectivity index (χ1v) is 12.8. The molecular formula is C28H38N4O3. The standard InChI is InChI=1S/C28H38N4O3/c1-31(2)24-13-10-21(11-14-24)19-32-26-9-4-3-7-22(26)12-15-25(28(32)34)29-17-16-20-6-5-8-23(18-20)27(33)30-35/h3-4,7,9-11,13-14,20,23,25,29,35H,5-6,8,12,15-19H2,1-2H3,(H,30,33)/t20-,23+,25+/m1/s1. The maximum atomic E-state index is 13.7. The van der Waals surface area contributed by atoms with Crippen LogP contribution in [0.15, 0.2) is 48.5 Å². The summed E-state index contributed by atoms with van der Waals surface area (Å²) in [5, 5.41) is 12.5. The predicted octanol–water partition coefficient (Wildman–Crippen LogP) is 3.89. The number of nitrogens with one attached hydrogen (secondary N) is 2. The Morgan fingerprint density at radius 2 is 1.86 bits per heavy atom. The molecule has 2 amide bonds. The number of nitrogens with zero attached hydrogens (tertiary/aromatic N) is 2. The number of para-hydroxylation sites is 1. The van der Waals surface area contributed by atoms with E-state index in [0.29, 0.717) is 12.5 Å². The molecule has 0 radical (unpaired) electrons. The fourth-order valence-corrected chi connectivity index (χ4v) is 5.49. The van der Waals surface area contributed by atoms with Gasteiger partial charge >= 0.3 is 0 Å². The Morgan fingerprint density at radius 1 is 1.09 bits per heavy atom. The van der Waals surface area contributed by atoms with Crippen LogP contribution in [0.1, 0.15) is 49.7 Å². The first-order valence-electron chi connectivity index (χ1n) is 12.8. The van der Waals surface area contributed by atoms with Crippen LogP contribution in [0.3, 0.4) is 0 Å². The van der Waals surface area contributed by atoms with Gasteiger partial charge in [0.2, 0.25) is 11.8 Å². The largest absolute Gasteiger partial charge is 0.378 e. The number of hydrogen-bond donors (Lipinski definition) is 3. The van der Waals surface area contributed by atoms with E-state index >= 15 is 0 Å². The SMILES string of the molecule is CN(C)c1ccc(CN2C(=O)[C@@H](NCC[C@H]3CCC[C@H](C(=O)NO)C3)CCc3ccccc32)cc1. The number of carbonyl (C=O) groups is 2. The van der Waals surface area contributed by atoms with E-state index in [1.807, 2.05) is 36.6 Å². The second kappa shape index (κ2) is 11.7. The third-order valence-electron chi connectivity index (χ3n) is 7.55. The van der Waals surface area contributed by atoms with Gasteiger partial charge < -0.3 is 15.1 Å². The van der Waals surface area contributed by atoms with Gasteiger partial charge in [-0.05, 0) is 73.9 Å². The van der Waals surface area contributed by atoms with Crippen molar-refractivity contribution in [1.82, 2.24) is 10.8 Å². The molecule has 7 nitrogen and oxygen atoms in total. The Bertz CT molecular complexity index is 1010. The van der Waals surface area contributed by atoms with E-state index in [1.54, 1.807) is 0 Å². The summed E-state index contributed by atoms with van der Waals surface area (Å²) in [5.74, 6) is 0.173. The number of carbonyl (C=O) groups excluding carboxylic acids is 2. The maximum Gasteiger partial charge on any atom is 0.246 e. The molecule has 1 fully saturated rings. The van der Waals surface area contributed by atoms with Crippen molar-refractivity contribution in [3.05, 3.63) is 59.7 Å². The monoisotopic (exact) mass is 478 g/mol. The normalized spacial score (nSPS) is 22.3. The number of hydroxylamine groups is 1. The zero-order valence-electron chi connectivity index (χ0n) is 20.9. The zero-order chi connectivity index (χ0) is 24.8. The smallest absolute Gasteiger partial charge is 0.246 e. The maximum absolute atomic E-state index is 13.7. The summed E-state index contributed by atoms with van der Waals surface area (Å²) in [4.78, 5) is 29.6. The van der Waals surface area contributed by atoms with Gasteiger partial charge in [0.25, 0.3) is 0 Å². The van der Waals surface area contributed by atoms with Gasteiger partial charge in [0, 0.05) is 31.4 Å². The van der Waals surface area contributed by atoms with Crippen molar-refractivity contribution in [2.75, 3.05) is 30.4 Å². The molecule has 1 heterocycles. The molecule has 0 aromatic heterocycles. The molecule has 3 N–H and O–H groups in total. The summed E-state index contributed by atoms with van der Waals surface area (Å²) in [7, 11) is 4.05. The van der Waals surface area contributed by atoms with E-state index < -0.39 is 0 Å². The summed E-state index contributed by atoms with van der Waals surface area (Å²) >= 11 is 0. The van der Waals surface area contributed by atoms with Gasteiger partial charge in [-0.3, -0.25) is 14.8 Å². The topological polar surface area (TPSA) is 84.9 Å². The van der Waals surface area contributed by atoms with Crippen LogP contribution in [0.25, 0.3) is 0 Å². The van der Waals surface area contributed by atoms with Crippen molar-refractivity contribution >= 4 is 23.2 Å². The molecule has 1 aliphatic heterocycles. The molecule has 4 rings (SSSR count). The molecule has 7 heteroatoms. The van der Waals surface area contributed by atoms with E-state index in [9.17, 15) is 9.59 Å². The minimum absolute atomic E-state index is 0.109. The molecule has 2 aliphatic rings. The van der Waals surface area contributed by atoms with Crippen LogP contribution in [0.4, 0.5) is 11.4 Å². The number of rotatable bonds is 8. The van der Waals surface area contributed by atoms with Crippen molar-refractivity contribution in [3.8, 4) is 0 Å². The predicted molar refractivity (Wildman–Crippen MR) is 139 cm³/mol. The second-order valence-electron chi connectivity index (χ2n) is 10.2. The molecular weight excluding hydrogens is 440 g/mol. The first kappa shape index (κ1) is 25.2. The molecule has 1 aliphatic carbocycles. The van der Waals surface area contributed by atoms with E-state index in [2.05, 4.69) is 46.6 Å². The van der Waals surface area contributed by atoms with Crippen LogP contribution < -0.4 is 20.6 Å². The Hall–Kier alpha value is -2.90. The number of aryl methyl sites for hydroxylation is 1. The first-order chi connectivity index (χ1) is 17.0. The van der Waals surface area contributed by atoms with Crippen LogP contribution >= 0.6 is 0 Å². The van der Waals surface area contributed by atoms with Gasteiger partial charge in [0.05, 0.1) is 12.6 Å². The van der Waals surface area contributed by atoms with Crippen LogP contribution in [0.5, 0.6) is 0 Å². The Balaban J connectivity index is 1.42. The fraction of sp³-hybridized carbons (Fsp3) is 0.500. The van der Waals surface area contributed by atoms with E-state index in [-0.39, 0.29) is 23.8 Å². The highest BCUT2D eigenvalue weighted by Gasteiger charge is 2.31. The molecule has 188 valence electrons. The van der Waals surface area contributed by atoms with Gasteiger partial charge in [-0.2, -0.15) is 0 Å². The molecule has 2 aromatic carbocycles. The average Bonchev–Trinajstić information content (AvgIpc) is 3.01. The third-order valence-corrected chi connectivity index (χ3v) is 7.55.